The molecule has 0 saturated carbocycles. The summed E-state index contributed by atoms with van der Waals surface area (Å²) in [6.45, 7) is 6.29. The van der Waals surface area contributed by atoms with Gasteiger partial charge < -0.3 is 15.2 Å². The molecule has 1 saturated heterocycles. The lowest BCUT2D eigenvalue weighted by molar-refractivity contribution is 0.566. The Kier molecular flexibility index (Phi) is 4.78. The van der Waals surface area contributed by atoms with Crippen LogP contribution in [0.3, 0.4) is 0 Å². The first-order chi connectivity index (χ1) is 13.0. The monoisotopic (exact) mass is 440 g/mol. The molecule has 1 aromatic carbocycles. The highest BCUT2D eigenvalue weighted by Gasteiger charge is 2.41. The van der Waals surface area contributed by atoms with Crippen LogP contribution in [0.2, 0.25) is 0 Å². The summed E-state index contributed by atoms with van der Waals surface area (Å²) in [6.07, 6.45) is 1.83. The number of H-pyrrole nitrogens is 1. The van der Waals surface area contributed by atoms with Crippen LogP contribution in [0.15, 0.2) is 53.1 Å². The van der Waals surface area contributed by atoms with E-state index in [1.54, 1.807) is 0 Å². The molecule has 6 heteroatoms. The summed E-state index contributed by atoms with van der Waals surface area (Å²) < 4.78 is 1.09. The minimum atomic E-state index is -0.0171. The lowest BCUT2D eigenvalue weighted by Gasteiger charge is -2.28. The first-order valence-electron chi connectivity index (χ1n) is 8.88. The third-order valence-corrected chi connectivity index (χ3v) is 6.23. The Balaban J connectivity index is 1.87. The Morgan fingerprint density at radius 2 is 1.93 bits per heavy atom. The van der Waals surface area contributed by atoms with Crippen molar-refractivity contribution in [3.05, 3.63) is 81.3 Å². The van der Waals surface area contributed by atoms with Crippen molar-refractivity contribution in [3.63, 3.8) is 0 Å². The number of anilines is 1. The average molecular weight is 441 g/mol. The molecular formula is C21H21BrN4S. The molecule has 0 unspecified atom stereocenters. The van der Waals surface area contributed by atoms with Crippen molar-refractivity contribution in [2.45, 2.75) is 32.9 Å². The second-order valence-electron chi connectivity index (χ2n) is 6.96. The van der Waals surface area contributed by atoms with Crippen molar-refractivity contribution in [2.75, 3.05) is 4.90 Å². The third-order valence-electron chi connectivity index (χ3n) is 5.03. The van der Waals surface area contributed by atoms with E-state index in [1.165, 1.54) is 11.1 Å². The Hall–Kier alpha value is -2.18. The minimum absolute atomic E-state index is 0.0171. The maximum atomic E-state index is 5.77. The summed E-state index contributed by atoms with van der Waals surface area (Å²) in [5.41, 5.74) is 6.78. The maximum absolute atomic E-state index is 5.77. The Labute approximate surface area is 173 Å². The van der Waals surface area contributed by atoms with Crippen LogP contribution in [-0.4, -0.2) is 15.1 Å². The second kappa shape index (κ2) is 7.09. The van der Waals surface area contributed by atoms with Crippen LogP contribution < -0.4 is 10.2 Å². The van der Waals surface area contributed by atoms with Crippen molar-refractivity contribution in [2.24, 2.45) is 0 Å². The predicted molar refractivity (Wildman–Crippen MR) is 117 cm³/mol. The van der Waals surface area contributed by atoms with Crippen molar-refractivity contribution in [3.8, 4) is 0 Å². The van der Waals surface area contributed by atoms with E-state index in [0.717, 1.165) is 32.4 Å². The van der Waals surface area contributed by atoms with Gasteiger partial charge in [0.1, 0.15) is 0 Å². The standard InChI is InChI=1S/C21H21BrN4S/c1-12-10-15(7-8-17(12)22)26-20(16-11-13(2)24-14(16)3)19(25-21(26)27)18-6-4-5-9-23-18/h4-11,19-20,24H,1-3H3,(H,25,27)/t19-,20+/m1/s1. The molecule has 1 aliphatic heterocycles. The van der Waals surface area contributed by atoms with E-state index in [2.05, 4.69) is 87.2 Å². The van der Waals surface area contributed by atoms with Crippen molar-refractivity contribution < 1.29 is 0 Å². The molecule has 1 fully saturated rings. The third kappa shape index (κ3) is 3.28. The van der Waals surface area contributed by atoms with Crippen molar-refractivity contribution >= 4 is 38.9 Å². The first-order valence-corrected chi connectivity index (χ1v) is 10.1. The summed E-state index contributed by atoms with van der Waals surface area (Å²) in [6, 6.07) is 14.6. The van der Waals surface area contributed by atoms with Crippen LogP contribution in [0.5, 0.6) is 0 Å². The van der Waals surface area contributed by atoms with Crippen LogP contribution in [0.25, 0.3) is 0 Å². The van der Waals surface area contributed by atoms with Gasteiger partial charge in [-0.2, -0.15) is 0 Å². The number of nitrogens with zero attached hydrogens (tertiary/aromatic N) is 2. The smallest absolute Gasteiger partial charge is 0.174 e. The van der Waals surface area contributed by atoms with Crippen LogP contribution in [-0.2, 0) is 0 Å². The van der Waals surface area contributed by atoms with Gasteiger partial charge in [0.2, 0.25) is 0 Å². The molecule has 3 aromatic rings. The number of thiocarbonyl (C=S) groups is 1. The number of pyridine rings is 1. The number of hydrogen-bond donors (Lipinski definition) is 2. The number of aryl methyl sites for hydroxylation is 3. The zero-order valence-electron chi connectivity index (χ0n) is 15.5. The molecule has 2 N–H and O–H groups in total. The number of nitrogens with one attached hydrogen (secondary N) is 2. The fraction of sp³-hybridized carbons (Fsp3) is 0.238. The number of benzene rings is 1. The lowest BCUT2D eigenvalue weighted by atomic mass is 9.96. The van der Waals surface area contributed by atoms with Crippen LogP contribution in [0.4, 0.5) is 5.69 Å². The molecule has 4 nitrogen and oxygen atoms in total. The van der Waals surface area contributed by atoms with Crippen LogP contribution >= 0.6 is 28.1 Å². The number of rotatable bonds is 3. The minimum Gasteiger partial charge on any atom is -0.362 e. The maximum Gasteiger partial charge on any atom is 0.174 e. The fourth-order valence-corrected chi connectivity index (χ4v) is 4.37. The van der Waals surface area contributed by atoms with Crippen molar-refractivity contribution in [1.82, 2.24) is 15.3 Å². The molecule has 2 atom stereocenters. The first kappa shape index (κ1) is 18.2. The molecule has 4 rings (SSSR count). The number of aromatic nitrogens is 2. The summed E-state index contributed by atoms with van der Waals surface area (Å²) in [7, 11) is 0. The molecule has 138 valence electrons. The second-order valence-corrected chi connectivity index (χ2v) is 8.20. The molecule has 0 bridgehead atoms. The van der Waals surface area contributed by atoms with Gasteiger partial charge in [0.25, 0.3) is 0 Å². The topological polar surface area (TPSA) is 44.0 Å². The fourth-order valence-electron chi connectivity index (χ4n) is 3.78. The molecule has 0 amide bonds. The quantitative estimate of drug-likeness (QED) is 0.544. The molecule has 2 aromatic heterocycles. The van der Waals surface area contributed by atoms with Gasteiger partial charge in [-0.25, -0.2) is 0 Å². The molecule has 1 aliphatic rings. The van der Waals surface area contributed by atoms with Crippen LogP contribution in [0.1, 0.15) is 40.3 Å². The molecule has 0 radical (unpaired) electrons. The van der Waals surface area contributed by atoms with E-state index in [0.29, 0.717) is 0 Å². The van der Waals surface area contributed by atoms with Gasteiger partial charge in [-0.1, -0.05) is 22.0 Å². The van der Waals surface area contributed by atoms with E-state index in [1.807, 2.05) is 18.3 Å². The summed E-state index contributed by atoms with van der Waals surface area (Å²) in [5.74, 6) is 0. The van der Waals surface area contributed by atoms with E-state index < -0.39 is 0 Å². The van der Waals surface area contributed by atoms with Gasteiger partial charge in [-0.3, -0.25) is 4.98 Å². The highest BCUT2D eigenvalue weighted by Crippen LogP contribution is 2.43. The molecule has 0 spiro atoms. The number of aromatic amines is 1. The number of halogens is 1. The largest absolute Gasteiger partial charge is 0.362 e. The molecule has 0 aliphatic carbocycles. The molecule has 27 heavy (non-hydrogen) atoms. The van der Waals surface area contributed by atoms with E-state index in [-0.39, 0.29) is 12.1 Å². The highest BCUT2D eigenvalue weighted by atomic mass is 79.9. The van der Waals surface area contributed by atoms with Crippen molar-refractivity contribution in [1.29, 1.82) is 0 Å². The van der Waals surface area contributed by atoms with Gasteiger partial charge in [0.15, 0.2) is 5.11 Å². The zero-order valence-corrected chi connectivity index (χ0v) is 17.9. The van der Waals surface area contributed by atoms with Gasteiger partial charge in [-0.15, -0.1) is 0 Å². The lowest BCUT2D eigenvalue weighted by Crippen LogP contribution is -2.29. The van der Waals surface area contributed by atoms with Gasteiger partial charge in [0.05, 0.1) is 17.8 Å². The van der Waals surface area contributed by atoms with Gasteiger partial charge >= 0.3 is 0 Å². The zero-order chi connectivity index (χ0) is 19.1. The van der Waals surface area contributed by atoms with Crippen LogP contribution in [0, 0.1) is 20.8 Å². The summed E-state index contributed by atoms with van der Waals surface area (Å²) >= 11 is 9.36. The summed E-state index contributed by atoms with van der Waals surface area (Å²) in [4.78, 5) is 10.3. The average Bonchev–Trinajstić information content (AvgIpc) is 3.16. The van der Waals surface area contributed by atoms with E-state index in [9.17, 15) is 0 Å². The molecule has 3 heterocycles. The highest BCUT2D eigenvalue weighted by molar-refractivity contribution is 9.10. The summed E-state index contributed by atoms with van der Waals surface area (Å²) in [5, 5.41) is 4.23. The molecular weight excluding hydrogens is 420 g/mol. The SMILES string of the molecule is Cc1cc([C@H]2[C@@H](c3ccccn3)NC(=S)N2c2ccc(Br)c(C)c2)c(C)[nH]1. The Morgan fingerprint density at radius 3 is 2.56 bits per heavy atom. The Morgan fingerprint density at radius 1 is 1.11 bits per heavy atom. The normalized spacial score (nSPS) is 19.4. The Bertz CT molecular complexity index is 999. The van der Waals surface area contributed by atoms with Gasteiger partial charge in [0, 0.05) is 27.7 Å². The van der Waals surface area contributed by atoms with E-state index in [4.69, 9.17) is 12.2 Å². The van der Waals surface area contributed by atoms with Gasteiger partial charge in [-0.05, 0) is 80.5 Å². The van der Waals surface area contributed by atoms with E-state index >= 15 is 0 Å². The number of hydrogen-bond acceptors (Lipinski definition) is 2. The predicted octanol–water partition coefficient (Wildman–Crippen LogP) is 5.27.